The van der Waals surface area contributed by atoms with Gasteiger partial charge in [0, 0.05) is 17.2 Å². The number of rotatable bonds is 1. The average molecular weight is 305 g/mol. The summed E-state index contributed by atoms with van der Waals surface area (Å²) in [6.45, 7) is 4.43. The first-order valence-corrected chi connectivity index (χ1v) is 8.45. The SMILES string of the molecule is Cc1ccc2c(c1)N=C(C1CCN(C)CC1)c1ccccc1N2. The zero-order valence-electron chi connectivity index (χ0n) is 13.8. The van der Waals surface area contributed by atoms with Gasteiger partial charge in [-0.1, -0.05) is 24.3 Å². The smallest absolute Gasteiger partial charge is 0.0870 e. The molecule has 2 aromatic rings. The minimum absolute atomic E-state index is 0.542. The molecule has 2 heterocycles. The van der Waals surface area contributed by atoms with Crippen LogP contribution in [0.2, 0.25) is 0 Å². The van der Waals surface area contributed by atoms with E-state index in [0.717, 1.165) is 24.5 Å². The maximum absolute atomic E-state index is 5.13. The van der Waals surface area contributed by atoms with Gasteiger partial charge in [0.2, 0.25) is 0 Å². The molecule has 1 fully saturated rings. The summed E-state index contributed by atoms with van der Waals surface area (Å²) in [5.41, 5.74) is 7.11. The number of benzene rings is 2. The fourth-order valence-corrected chi connectivity index (χ4v) is 3.58. The van der Waals surface area contributed by atoms with Crippen molar-refractivity contribution in [3.05, 3.63) is 53.6 Å². The third kappa shape index (κ3) is 2.77. The van der Waals surface area contributed by atoms with Crippen molar-refractivity contribution >= 4 is 22.8 Å². The van der Waals surface area contributed by atoms with Gasteiger partial charge in [0.25, 0.3) is 0 Å². The van der Waals surface area contributed by atoms with Gasteiger partial charge >= 0.3 is 0 Å². The van der Waals surface area contributed by atoms with E-state index in [-0.39, 0.29) is 0 Å². The molecule has 2 aromatic carbocycles. The number of piperidine rings is 1. The molecule has 0 unspecified atom stereocenters. The summed E-state index contributed by atoms with van der Waals surface area (Å²) in [5, 5.41) is 3.58. The Labute approximate surface area is 138 Å². The Kier molecular flexibility index (Phi) is 3.66. The summed E-state index contributed by atoms with van der Waals surface area (Å²) >= 11 is 0. The number of nitrogens with one attached hydrogen (secondary N) is 1. The summed E-state index contributed by atoms with van der Waals surface area (Å²) in [7, 11) is 2.21. The van der Waals surface area contributed by atoms with Gasteiger partial charge in [0.05, 0.1) is 17.1 Å². The van der Waals surface area contributed by atoms with Gasteiger partial charge in [-0.15, -0.1) is 0 Å². The van der Waals surface area contributed by atoms with Crippen molar-refractivity contribution in [2.24, 2.45) is 10.9 Å². The first-order valence-electron chi connectivity index (χ1n) is 8.45. The van der Waals surface area contributed by atoms with E-state index in [4.69, 9.17) is 4.99 Å². The van der Waals surface area contributed by atoms with Crippen LogP contribution in [0.25, 0.3) is 0 Å². The molecule has 3 nitrogen and oxygen atoms in total. The normalized spacial score (nSPS) is 18.4. The third-order valence-electron chi connectivity index (χ3n) is 4.97. The highest BCUT2D eigenvalue weighted by molar-refractivity contribution is 6.10. The Morgan fingerprint density at radius 1 is 1.04 bits per heavy atom. The summed E-state index contributed by atoms with van der Waals surface area (Å²) in [6, 6.07) is 15.0. The Balaban J connectivity index is 1.83. The molecular formula is C20H23N3. The van der Waals surface area contributed by atoms with Gasteiger partial charge < -0.3 is 10.2 Å². The first kappa shape index (κ1) is 14.5. The van der Waals surface area contributed by atoms with E-state index in [1.54, 1.807) is 0 Å². The minimum Gasteiger partial charge on any atom is -0.353 e. The lowest BCUT2D eigenvalue weighted by molar-refractivity contribution is 0.252. The maximum atomic E-state index is 5.13. The highest BCUT2D eigenvalue weighted by atomic mass is 15.1. The molecule has 1 N–H and O–H groups in total. The van der Waals surface area contributed by atoms with Crippen LogP contribution in [0.4, 0.5) is 17.1 Å². The van der Waals surface area contributed by atoms with Crippen molar-refractivity contribution in [2.75, 3.05) is 25.5 Å². The van der Waals surface area contributed by atoms with Crippen LogP contribution in [0.3, 0.4) is 0 Å². The topological polar surface area (TPSA) is 27.6 Å². The number of hydrogen-bond donors (Lipinski definition) is 1. The highest BCUT2D eigenvalue weighted by Gasteiger charge is 2.26. The van der Waals surface area contributed by atoms with Crippen LogP contribution in [0.5, 0.6) is 0 Å². The quantitative estimate of drug-likeness (QED) is 0.839. The van der Waals surface area contributed by atoms with Crippen LogP contribution >= 0.6 is 0 Å². The average Bonchev–Trinajstić information content (AvgIpc) is 2.72. The Morgan fingerprint density at radius 3 is 2.65 bits per heavy atom. The highest BCUT2D eigenvalue weighted by Crippen LogP contribution is 2.37. The molecule has 0 spiro atoms. The predicted molar refractivity (Wildman–Crippen MR) is 97.3 cm³/mol. The van der Waals surface area contributed by atoms with Crippen LogP contribution in [-0.2, 0) is 0 Å². The van der Waals surface area contributed by atoms with Gasteiger partial charge in [0.15, 0.2) is 0 Å². The first-order chi connectivity index (χ1) is 11.2. The molecular weight excluding hydrogens is 282 g/mol. The molecule has 0 atom stereocenters. The second-order valence-corrected chi connectivity index (χ2v) is 6.77. The molecule has 0 saturated carbocycles. The monoisotopic (exact) mass is 305 g/mol. The molecule has 23 heavy (non-hydrogen) atoms. The van der Waals surface area contributed by atoms with Crippen LogP contribution in [0.1, 0.15) is 24.0 Å². The second kappa shape index (κ2) is 5.82. The fraction of sp³-hybridized carbons (Fsp3) is 0.350. The number of para-hydroxylation sites is 1. The zero-order valence-corrected chi connectivity index (χ0v) is 13.8. The number of hydrogen-bond acceptors (Lipinski definition) is 3. The van der Waals surface area contributed by atoms with Crippen molar-refractivity contribution in [3.8, 4) is 0 Å². The van der Waals surface area contributed by atoms with Crippen molar-refractivity contribution in [3.63, 3.8) is 0 Å². The van der Waals surface area contributed by atoms with E-state index < -0.39 is 0 Å². The largest absolute Gasteiger partial charge is 0.353 e. The molecule has 0 amide bonds. The molecule has 4 rings (SSSR count). The number of nitrogens with zero attached hydrogens (tertiary/aromatic N) is 2. The van der Waals surface area contributed by atoms with E-state index in [1.807, 2.05) is 0 Å². The van der Waals surface area contributed by atoms with Gasteiger partial charge in [-0.2, -0.15) is 0 Å². The molecule has 0 aliphatic carbocycles. The van der Waals surface area contributed by atoms with Crippen LogP contribution in [0, 0.1) is 12.8 Å². The van der Waals surface area contributed by atoms with Crippen molar-refractivity contribution in [1.29, 1.82) is 0 Å². The van der Waals surface area contributed by atoms with Crippen molar-refractivity contribution in [1.82, 2.24) is 4.90 Å². The van der Waals surface area contributed by atoms with E-state index >= 15 is 0 Å². The van der Waals surface area contributed by atoms with Crippen molar-refractivity contribution < 1.29 is 0 Å². The summed E-state index contributed by atoms with van der Waals surface area (Å²) in [6.07, 6.45) is 2.37. The number of likely N-dealkylation sites (tertiary alicyclic amines) is 1. The lowest BCUT2D eigenvalue weighted by Crippen LogP contribution is -2.33. The van der Waals surface area contributed by atoms with Crippen LogP contribution in [-0.4, -0.2) is 30.7 Å². The molecule has 0 bridgehead atoms. The Bertz CT molecular complexity index is 755. The third-order valence-corrected chi connectivity index (χ3v) is 4.97. The van der Waals surface area contributed by atoms with Gasteiger partial charge in [-0.05, 0) is 63.7 Å². The summed E-state index contributed by atoms with van der Waals surface area (Å²) < 4.78 is 0. The Morgan fingerprint density at radius 2 is 1.83 bits per heavy atom. The van der Waals surface area contributed by atoms with Gasteiger partial charge in [-0.3, -0.25) is 4.99 Å². The molecule has 0 radical (unpaired) electrons. The molecule has 2 aliphatic heterocycles. The fourth-order valence-electron chi connectivity index (χ4n) is 3.58. The van der Waals surface area contributed by atoms with E-state index in [1.165, 1.54) is 35.4 Å². The number of aliphatic imine (C=N–C) groups is 1. The van der Waals surface area contributed by atoms with Crippen LogP contribution < -0.4 is 5.32 Å². The molecule has 1 saturated heterocycles. The molecule has 2 aliphatic rings. The standard InChI is InChI=1S/C20H23N3/c1-14-7-8-18-19(13-14)22-20(15-9-11-23(2)12-10-15)16-5-3-4-6-17(16)21-18/h3-8,13,15,21H,9-12H2,1-2H3. The number of anilines is 2. The summed E-state index contributed by atoms with van der Waals surface area (Å²) in [4.78, 5) is 7.54. The minimum atomic E-state index is 0.542. The van der Waals surface area contributed by atoms with Gasteiger partial charge in [0.1, 0.15) is 0 Å². The number of fused-ring (bicyclic) bond motifs is 2. The molecule has 3 heteroatoms. The number of aryl methyl sites for hydroxylation is 1. The molecule has 118 valence electrons. The van der Waals surface area contributed by atoms with E-state index in [2.05, 4.69) is 66.7 Å². The summed E-state index contributed by atoms with van der Waals surface area (Å²) in [5.74, 6) is 0.542. The van der Waals surface area contributed by atoms with Crippen molar-refractivity contribution in [2.45, 2.75) is 19.8 Å². The zero-order chi connectivity index (χ0) is 15.8. The second-order valence-electron chi connectivity index (χ2n) is 6.77. The lowest BCUT2D eigenvalue weighted by Gasteiger charge is -2.30. The maximum Gasteiger partial charge on any atom is 0.0870 e. The molecule has 0 aromatic heterocycles. The Hall–Kier alpha value is -2.13. The predicted octanol–water partition coefficient (Wildman–Crippen LogP) is 4.51. The lowest BCUT2D eigenvalue weighted by atomic mass is 9.87. The van der Waals surface area contributed by atoms with Crippen LogP contribution in [0.15, 0.2) is 47.5 Å². The van der Waals surface area contributed by atoms with E-state index in [9.17, 15) is 0 Å². The van der Waals surface area contributed by atoms with E-state index in [0.29, 0.717) is 5.92 Å². The van der Waals surface area contributed by atoms with Gasteiger partial charge in [-0.25, -0.2) is 0 Å².